The molecule has 6 heteroatoms. The van der Waals surface area contributed by atoms with Crippen molar-refractivity contribution in [1.29, 1.82) is 0 Å². The van der Waals surface area contributed by atoms with Crippen molar-refractivity contribution in [1.82, 2.24) is 15.8 Å². The van der Waals surface area contributed by atoms with E-state index in [9.17, 15) is 14.4 Å². The third kappa shape index (κ3) is 3.73. The Labute approximate surface area is 143 Å². The fourth-order valence-electron chi connectivity index (χ4n) is 4.42. The maximum atomic E-state index is 12.6. The molecule has 2 N–H and O–H groups in total. The van der Waals surface area contributed by atoms with Gasteiger partial charge in [0.1, 0.15) is 5.54 Å². The third-order valence-corrected chi connectivity index (χ3v) is 5.85. The summed E-state index contributed by atoms with van der Waals surface area (Å²) in [6, 6.07) is -0.484. The monoisotopic (exact) mass is 335 g/mol. The Morgan fingerprint density at radius 2 is 1.75 bits per heavy atom. The second-order valence-electron chi connectivity index (χ2n) is 7.64. The van der Waals surface area contributed by atoms with Gasteiger partial charge in [-0.3, -0.25) is 15.0 Å². The van der Waals surface area contributed by atoms with Crippen molar-refractivity contribution in [3.8, 4) is 0 Å². The van der Waals surface area contributed by atoms with Crippen molar-refractivity contribution in [3.05, 3.63) is 0 Å². The molecular formula is C18H29N3O3. The number of carbonyl (C=O) groups excluding carboxylic acids is 3. The van der Waals surface area contributed by atoms with E-state index in [1.807, 2.05) is 0 Å². The van der Waals surface area contributed by atoms with Crippen LogP contribution in [-0.2, 0) is 9.59 Å². The fourth-order valence-corrected chi connectivity index (χ4v) is 4.42. The van der Waals surface area contributed by atoms with E-state index >= 15 is 0 Å². The Morgan fingerprint density at radius 1 is 1.08 bits per heavy atom. The Kier molecular flexibility index (Phi) is 5.41. The number of carbonyl (C=O) groups is 3. The largest absolute Gasteiger partial charge is 0.344 e. The molecule has 0 bridgehead atoms. The summed E-state index contributed by atoms with van der Waals surface area (Å²) in [5.74, 6) is 0.226. The SMILES string of the molecule is O=C(CCCC1CCCCC1)NN1C(=O)NC2(CCCCC2)C1=O. The van der Waals surface area contributed by atoms with E-state index in [0.717, 1.165) is 43.0 Å². The van der Waals surface area contributed by atoms with Crippen LogP contribution in [0.15, 0.2) is 0 Å². The van der Waals surface area contributed by atoms with Crippen molar-refractivity contribution in [2.75, 3.05) is 0 Å². The molecule has 0 aromatic rings. The maximum Gasteiger partial charge on any atom is 0.344 e. The van der Waals surface area contributed by atoms with Crippen LogP contribution in [0.25, 0.3) is 0 Å². The van der Waals surface area contributed by atoms with Crippen LogP contribution in [-0.4, -0.2) is 28.4 Å². The smallest absolute Gasteiger partial charge is 0.322 e. The Morgan fingerprint density at radius 3 is 2.46 bits per heavy atom. The number of hydrogen-bond acceptors (Lipinski definition) is 3. The highest BCUT2D eigenvalue weighted by atomic mass is 16.2. The van der Waals surface area contributed by atoms with Gasteiger partial charge < -0.3 is 5.32 Å². The van der Waals surface area contributed by atoms with E-state index in [1.54, 1.807) is 0 Å². The van der Waals surface area contributed by atoms with Crippen LogP contribution in [0.5, 0.6) is 0 Å². The molecule has 3 fully saturated rings. The molecule has 1 spiro atoms. The lowest BCUT2D eigenvalue weighted by molar-refractivity contribution is -0.139. The number of hydrazine groups is 1. The summed E-state index contributed by atoms with van der Waals surface area (Å²) in [4.78, 5) is 36.8. The standard InChI is InChI=1S/C18H29N3O3/c22-15(11-7-10-14-8-3-1-4-9-14)20-21-16(23)18(19-17(21)24)12-5-2-6-13-18/h14H,1-13H2,(H,19,24)(H,20,22). The highest BCUT2D eigenvalue weighted by molar-refractivity contribution is 6.07. The number of amides is 4. The van der Waals surface area contributed by atoms with Gasteiger partial charge in [-0.25, -0.2) is 4.79 Å². The lowest BCUT2D eigenvalue weighted by Crippen LogP contribution is -2.50. The summed E-state index contributed by atoms with van der Waals surface area (Å²) in [6.45, 7) is 0. The Hall–Kier alpha value is -1.59. The molecule has 1 aliphatic heterocycles. The van der Waals surface area contributed by atoms with E-state index in [2.05, 4.69) is 10.7 Å². The van der Waals surface area contributed by atoms with E-state index in [-0.39, 0.29) is 11.8 Å². The molecule has 0 radical (unpaired) electrons. The first kappa shape index (κ1) is 17.2. The molecule has 0 aromatic heterocycles. The number of nitrogens with one attached hydrogen (secondary N) is 2. The molecular weight excluding hydrogens is 306 g/mol. The first-order valence-corrected chi connectivity index (χ1v) is 9.57. The number of imide groups is 1. The molecule has 0 atom stereocenters. The molecule has 2 aliphatic carbocycles. The van der Waals surface area contributed by atoms with Crippen LogP contribution in [0, 0.1) is 5.92 Å². The summed E-state index contributed by atoms with van der Waals surface area (Å²) < 4.78 is 0. The topological polar surface area (TPSA) is 78.5 Å². The normalized spacial score (nSPS) is 24.2. The molecule has 4 amide bonds. The molecule has 6 nitrogen and oxygen atoms in total. The van der Waals surface area contributed by atoms with Gasteiger partial charge in [0.05, 0.1) is 0 Å². The molecule has 134 valence electrons. The van der Waals surface area contributed by atoms with Gasteiger partial charge in [0.2, 0.25) is 5.91 Å². The zero-order chi connectivity index (χ0) is 17.0. The van der Waals surface area contributed by atoms with Crippen LogP contribution in [0.3, 0.4) is 0 Å². The van der Waals surface area contributed by atoms with Crippen LogP contribution in [0.2, 0.25) is 0 Å². The number of nitrogens with zero attached hydrogens (tertiary/aromatic N) is 1. The molecule has 2 saturated carbocycles. The van der Waals surface area contributed by atoms with Gasteiger partial charge in [-0.05, 0) is 31.6 Å². The van der Waals surface area contributed by atoms with Crippen molar-refractivity contribution in [3.63, 3.8) is 0 Å². The van der Waals surface area contributed by atoms with Crippen molar-refractivity contribution < 1.29 is 14.4 Å². The van der Waals surface area contributed by atoms with Crippen LogP contribution < -0.4 is 10.7 Å². The fraction of sp³-hybridized carbons (Fsp3) is 0.833. The van der Waals surface area contributed by atoms with E-state index in [0.29, 0.717) is 19.3 Å². The molecule has 0 aromatic carbocycles. The van der Waals surface area contributed by atoms with Crippen molar-refractivity contribution >= 4 is 17.8 Å². The molecule has 0 unspecified atom stereocenters. The summed E-state index contributed by atoms with van der Waals surface area (Å²) >= 11 is 0. The summed E-state index contributed by atoms with van der Waals surface area (Å²) in [5.41, 5.74) is 1.75. The molecule has 3 aliphatic rings. The first-order chi connectivity index (χ1) is 11.6. The summed E-state index contributed by atoms with van der Waals surface area (Å²) in [7, 11) is 0. The number of rotatable bonds is 5. The van der Waals surface area contributed by atoms with Gasteiger partial charge in [0.15, 0.2) is 0 Å². The minimum Gasteiger partial charge on any atom is -0.322 e. The zero-order valence-electron chi connectivity index (χ0n) is 14.4. The van der Waals surface area contributed by atoms with Gasteiger partial charge in [0, 0.05) is 6.42 Å². The highest BCUT2D eigenvalue weighted by Gasteiger charge is 2.52. The van der Waals surface area contributed by atoms with Crippen molar-refractivity contribution in [2.45, 2.75) is 89.0 Å². The minimum absolute atomic E-state index is 0.234. The van der Waals surface area contributed by atoms with E-state index < -0.39 is 11.6 Å². The second-order valence-corrected chi connectivity index (χ2v) is 7.64. The van der Waals surface area contributed by atoms with Crippen LogP contribution >= 0.6 is 0 Å². The molecule has 24 heavy (non-hydrogen) atoms. The molecule has 1 heterocycles. The van der Waals surface area contributed by atoms with Gasteiger partial charge >= 0.3 is 6.03 Å². The predicted molar refractivity (Wildman–Crippen MR) is 89.8 cm³/mol. The summed E-state index contributed by atoms with van der Waals surface area (Å²) in [6.07, 6.45) is 13.1. The number of urea groups is 1. The molecule has 1 saturated heterocycles. The van der Waals surface area contributed by atoms with Gasteiger partial charge in [-0.2, -0.15) is 5.01 Å². The average Bonchev–Trinajstić information content (AvgIpc) is 2.81. The summed E-state index contributed by atoms with van der Waals surface area (Å²) in [5, 5.41) is 3.72. The lowest BCUT2D eigenvalue weighted by Gasteiger charge is -2.30. The second kappa shape index (κ2) is 7.53. The van der Waals surface area contributed by atoms with Gasteiger partial charge in [0.25, 0.3) is 5.91 Å². The third-order valence-electron chi connectivity index (χ3n) is 5.85. The quantitative estimate of drug-likeness (QED) is 0.758. The maximum absolute atomic E-state index is 12.6. The Balaban J connectivity index is 1.45. The van der Waals surface area contributed by atoms with Crippen molar-refractivity contribution in [2.24, 2.45) is 5.92 Å². The van der Waals surface area contributed by atoms with E-state index in [4.69, 9.17) is 0 Å². The lowest BCUT2D eigenvalue weighted by atomic mass is 9.82. The minimum atomic E-state index is -0.773. The average molecular weight is 335 g/mol. The first-order valence-electron chi connectivity index (χ1n) is 9.57. The highest BCUT2D eigenvalue weighted by Crippen LogP contribution is 2.33. The van der Waals surface area contributed by atoms with Gasteiger partial charge in [-0.1, -0.05) is 51.4 Å². The number of hydrogen-bond donors (Lipinski definition) is 2. The zero-order valence-corrected chi connectivity index (χ0v) is 14.4. The molecule has 3 rings (SSSR count). The van der Waals surface area contributed by atoms with Crippen LogP contribution in [0.4, 0.5) is 4.79 Å². The van der Waals surface area contributed by atoms with Gasteiger partial charge in [-0.15, -0.1) is 0 Å². The Bertz CT molecular complexity index is 494. The van der Waals surface area contributed by atoms with Crippen LogP contribution in [0.1, 0.15) is 83.5 Å². The van der Waals surface area contributed by atoms with E-state index in [1.165, 1.54) is 32.1 Å². The predicted octanol–water partition coefficient (Wildman–Crippen LogP) is 3.02.